The highest BCUT2D eigenvalue weighted by atomic mass is 19.1. The minimum absolute atomic E-state index is 0.116. The van der Waals surface area contributed by atoms with Gasteiger partial charge in [-0.3, -0.25) is 0 Å². The molecule has 0 unspecified atom stereocenters. The minimum atomic E-state index is -0.525. The van der Waals surface area contributed by atoms with Crippen molar-refractivity contribution in [2.45, 2.75) is 27.3 Å². The normalized spacial score (nSPS) is 10.5. The number of rotatable bonds is 5. The van der Waals surface area contributed by atoms with Crippen LogP contribution in [-0.2, 0) is 11.3 Å². The van der Waals surface area contributed by atoms with Crippen LogP contribution in [0.25, 0.3) is 0 Å². The van der Waals surface area contributed by atoms with E-state index >= 15 is 0 Å². The predicted molar refractivity (Wildman–Crippen MR) is 75.7 cm³/mol. The van der Waals surface area contributed by atoms with E-state index in [1.54, 1.807) is 32.9 Å². The van der Waals surface area contributed by atoms with Gasteiger partial charge in [-0.25, -0.2) is 9.18 Å². The molecule has 0 bridgehead atoms. The van der Waals surface area contributed by atoms with E-state index < -0.39 is 5.97 Å². The van der Waals surface area contributed by atoms with E-state index in [1.165, 1.54) is 6.26 Å². The van der Waals surface area contributed by atoms with Crippen molar-refractivity contribution in [1.82, 2.24) is 4.98 Å². The molecule has 0 fully saturated rings. The molecule has 0 aliphatic heterocycles. The maximum Gasteiger partial charge on any atom is 0.360 e. The van der Waals surface area contributed by atoms with E-state index in [0.29, 0.717) is 17.7 Å². The first-order chi connectivity index (χ1) is 10.0. The summed E-state index contributed by atoms with van der Waals surface area (Å²) >= 11 is 0. The number of esters is 1. The van der Waals surface area contributed by atoms with Gasteiger partial charge in [0.25, 0.3) is 6.01 Å². The Morgan fingerprint density at radius 3 is 2.67 bits per heavy atom. The lowest BCUT2D eigenvalue weighted by molar-refractivity contribution is 0.0519. The summed E-state index contributed by atoms with van der Waals surface area (Å²) in [5, 5.41) is 2.94. The number of nitrogens with zero attached hydrogens (tertiary/aromatic N) is 1. The van der Waals surface area contributed by atoms with Crippen LogP contribution in [0.5, 0.6) is 0 Å². The lowest BCUT2D eigenvalue weighted by Gasteiger charge is -2.07. The van der Waals surface area contributed by atoms with Gasteiger partial charge in [0.1, 0.15) is 12.1 Å². The van der Waals surface area contributed by atoms with Crippen molar-refractivity contribution < 1.29 is 18.3 Å². The molecule has 0 saturated carbocycles. The van der Waals surface area contributed by atoms with Gasteiger partial charge >= 0.3 is 5.97 Å². The van der Waals surface area contributed by atoms with E-state index in [-0.39, 0.29) is 24.1 Å². The van der Waals surface area contributed by atoms with Crippen molar-refractivity contribution in [2.24, 2.45) is 0 Å². The third kappa shape index (κ3) is 3.59. The molecular formula is C15H17FN2O3. The number of carbonyl (C=O) groups excluding carboxylic acids is 1. The van der Waals surface area contributed by atoms with Gasteiger partial charge in [0.15, 0.2) is 5.69 Å². The molecular weight excluding hydrogens is 275 g/mol. The zero-order valence-corrected chi connectivity index (χ0v) is 12.2. The second-order valence-electron chi connectivity index (χ2n) is 4.66. The smallest absolute Gasteiger partial charge is 0.360 e. The van der Waals surface area contributed by atoms with Crippen LogP contribution in [0, 0.1) is 19.7 Å². The van der Waals surface area contributed by atoms with Crippen LogP contribution in [0.3, 0.4) is 0 Å². The summed E-state index contributed by atoms with van der Waals surface area (Å²) in [4.78, 5) is 15.4. The molecule has 0 amide bonds. The molecule has 0 spiro atoms. The lowest BCUT2D eigenvalue weighted by atomic mass is 10.1. The third-order valence-electron chi connectivity index (χ3n) is 2.93. The van der Waals surface area contributed by atoms with Crippen LogP contribution in [0.2, 0.25) is 0 Å². The second-order valence-corrected chi connectivity index (χ2v) is 4.66. The highest BCUT2D eigenvalue weighted by molar-refractivity contribution is 5.87. The monoisotopic (exact) mass is 292 g/mol. The average molecular weight is 292 g/mol. The molecule has 0 radical (unpaired) electrons. The van der Waals surface area contributed by atoms with Crippen LogP contribution in [0.4, 0.5) is 10.4 Å². The molecule has 0 atom stereocenters. The summed E-state index contributed by atoms with van der Waals surface area (Å²) in [7, 11) is 0. The lowest BCUT2D eigenvalue weighted by Crippen LogP contribution is -2.06. The Hall–Kier alpha value is -2.37. The van der Waals surface area contributed by atoms with Crippen LogP contribution < -0.4 is 5.32 Å². The topological polar surface area (TPSA) is 64.4 Å². The molecule has 1 heterocycles. The summed E-state index contributed by atoms with van der Waals surface area (Å²) in [5.74, 6) is -0.720. The molecule has 5 nitrogen and oxygen atoms in total. The number of ether oxygens (including phenoxy) is 1. The molecule has 21 heavy (non-hydrogen) atoms. The van der Waals surface area contributed by atoms with Gasteiger partial charge in [0.2, 0.25) is 0 Å². The molecule has 0 aliphatic rings. The fourth-order valence-electron chi connectivity index (χ4n) is 1.97. The molecule has 0 aliphatic carbocycles. The highest BCUT2D eigenvalue weighted by Crippen LogP contribution is 2.16. The Morgan fingerprint density at radius 2 is 2.05 bits per heavy atom. The van der Waals surface area contributed by atoms with Crippen molar-refractivity contribution in [1.29, 1.82) is 0 Å². The maximum absolute atomic E-state index is 13.5. The summed E-state index contributed by atoms with van der Waals surface area (Å²) < 4.78 is 23.5. The molecule has 1 aromatic carbocycles. The van der Waals surface area contributed by atoms with Crippen molar-refractivity contribution in [3.05, 3.63) is 46.6 Å². The second kappa shape index (κ2) is 6.39. The van der Waals surface area contributed by atoms with Gasteiger partial charge < -0.3 is 14.5 Å². The number of halogens is 1. The maximum atomic E-state index is 13.5. The van der Waals surface area contributed by atoms with Crippen LogP contribution in [0.1, 0.15) is 34.1 Å². The number of aryl methyl sites for hydroxylation is 2. The quantitative estimate of drug-likeness (QED) is 0.857. The third-order valence-corrected chi connectivity index (χ3v) is 2.93. The molecule has 2 aromatic rings. The number of oxazole rings is 1. The number of benzene rings is 1. The number of nitrogens with one attached hydrogen (secondary N) is 1. The number of hydrogen-bond donors (Lipinski definition) is 1. The first-order valence-electron chi connectivity index (χ1n) is 6.63. The first-order valence-corrected chi connectivity index (χ1v) is 6.63. The highest BCUT2D eigenvalue weighted by Gasteiger charge is 2.13. The summed E-state index contributed by atoms with van der Waals surface area (Å²) in [6.07, 6.45) is 1.24. The Balaban J connectivity index is 2.02. The zero-order chi connectivity index (χ0) is 15.4. The summed E-state index contributed by atoms with van der Waals surface area (Å²) in [6, 6.07) is 3.73. The van der Waals surface area contributed by atoms with Gasteiger partial charge in [-0.1, -0.05) is 12.1 Å². The zero-order valence-electron chi connectivity index (χ0n) is 12.2. The largest absolute Gasteiger partial charge is 0.461 e. The molecule has 1 aromatic heterocycles. The number of carbonyl (C=O) groups is 1. The van der Waals surface area contributed by atoms with Crippen LogP contribution in [-0.4, -0.2) is 17.6 Å². The van der Waals surface area contributed by atoms with Crippen LogP contribution >= 0.6 is 0 Å². The molecule has 1 N–H and O–H groups in total. The Labute approximate surface area is 122 Å². The Bertz CT molecular complexity index is 629. The average Bonchev–Trinajstić information content (AvgIpc) is 2.91. The van der Waals surface area contributed by atoms with Crippen molar-refractivity contribution >= 4 is 12.0 Å². The van der Waals surface area contributed by atoms with Crippen molar-refractivity contribution in [2.75, 3.05) is 11.9 Å². The fraction of sp³-hybridized carbons (Fsp3) is 0.333. The molecule has 6 heteroatoms. The Kier molecular flexibility index (Phi) is 4.57. The van der Waals surface area contributed by atoms with E-state index in [4.69, 9.17) is 9.15 Å². The molecule has 112 valence electrons. The number of aromatic nitrogens is 1. The van der Waals surface area contributed by atoms with Crippen molar-refractivity contribution in [3.63, 3.8) is 0 Å². The van der Waals surface area contributed by atoms with Crippen molar-refractivity contribution in [3.8, 4) is 0 Å². The SMILES string of the molecule is CCOC(=O)c1coc(NCc2cc(C)c(F)c(C)c2)n1. The summed E-state index contributed by atoms with van der Waals surface area (Å²) in [5.41, 5.74) is 2.20. The van der Waals surface area contributed by atoms with Gasteiger partial charge in [-0.15, -0.1) is 0 Å². The summed E-state index contributed by atoms with van der Waals surface area (Å²) in [6.45, 7) is 5.86. The first kappa shape index (κ1) is 15.0. The van der Waals surface area contributed by atoms with Gasteiger partial charge in [0, 0.05) is 6.54 Å². The van der Waals surface area contributed by atoms with E-state index in [2.05, 4.69) is 10.3 Å². The number of anilines is 1. The van der Waals surface area contributed by atoms with Crippen LogP contribution in [0.15, 0.2) is 22.8 Å². The van der Waals surface area contributed by atoms with Gasteiger partial charge in [0.05, 0.1) is 6.61 Å². The standard InChI is InChI=1S/C15H17FN2O3/c1-4-20-14(19)12-8-21-15(18-12)17-7-11-5-9(2)13(16)10(3)6-11/h5-6,8H,4,7H2,1-3H3,(H,17,18). The predicted octanol–water partition coefficient (Wildman–Crippen LogP) is 3.22. The molecule has 0 saturated heterocycles. The Morgan fingerprint density at radius 1 is 1.38 bits per heavy atom. The van der Waals surface area contributed by atoms with Gasteiger partial charge in [-0.05, 0) is 37.5 Å². The number of hydrogen-bond acceptors (Lipinski definition) is 5. The van der Waals surface area contributed by atoms with E-state index in [0.717, 1.165) is 5.56 Å². The minimum Gasteiger partial charge on any atom is -0.461 e. The molecule has 2 rings (SSSR count). The fourth-order valence-corrected chi connectivity index (χ4v) is 1.97. The van der Waals surface area contributed by atoms with E-state index in [9.17, 15) is 9.18 Å². The van der Waals surface area contributed by atoms with Gasteiger partial charge in [-0.2, -0.15) is 4.98 Å². The van der Waals surface area contributed by atoms with E-state index in [1.807, 2.05) is 0 Å².